The highest BCUT2D eigenvalue weighted by Gasteiger charge is 2.04. The molecule has 0 aliphatic rings. The Morgan fingerprint density at radius 2 is 1.61 bits per heavy atom. The maximum atomic E-state index is 5.91. The molecule has 0 spiro atoms. The van der Waals surface area contributed by atoms with Crippen molar-refractivity contribution in [2.24, 2.45) is 5.73 Å². The number of hydrogen-bond donors (Lipinski definition) is 1. The zero-order chi connectivity index (χ0) is 16.1. The first kappa shape index (κ1) is 15.3. The average Bonchev–Trinajstić information content (AvgIpc) is 2.61. The van der Waals surface area contributed by atoms with Crippen molar-refractivity contribution in [2.45, 2.75) is 20.1 Å². The second-order valence-electron chi connectivity index (χ2n) is 5.65. The van der Waals surface area contributed by atoms with Crippen molar-refractivity contribution < 1.29 is 4.74 Å². The molecule has 0 unspecified atom stereocenters. The summed E-state index contributed by atoms with van der Waals surface area (Å²) in [5, 5.41) is 0. The number of aryl methyl sites for hydroxylation is 1. The van der Waals surface area contributed by atoms with Crippen molar-refractivity contribution in [3.05, 3.63) is 89.5 Å². The second-order valence-corrected chi connectivity index (χ2v) is 5.65. The topological polar surface area (TPSA) is 35.2 Å². The Balaban J connectivity index is 1.79. The SMILES string of the molecule is Cc1ccc(-c2cccc(OCc3ccccc3)c2)cc1CN. The van der Waals surface area contributed by atoms with Crippen LogP contribution in [0.5, 0.6) is 5.75 Å². The smallest absolute Gasteiger partial charge is 0.120 e. The van der Waals surface area contributed by atoms with Gasteiger partial charge < -0.3 is 10.5 Å². The predicted octanol–water partition coefficient (Wildman–Crippen LogP) is 4.70. The summed E-state index contributed by atoms with van der Waals surface area (Å²) < 4.78 is 5.91. The first-order valence-corrected chi connectivity index (χ1v) is 7.83. The van der Waals surface area contributed by atoms with E-state index in [0.29, 0.717) is 13.2 Å². The van der Waals surface area contributed by atoms with E-state index in [1.807, 2.05) is 30.3 Å². The van der Waals surface area contributed by atoms with E-state index in [-0.39, 0.29) is 0 Å². The molecule has 0 heterocycles. The Kier molecular flexibility index (Phi) is 4.74. The molecular weight excluding hydrogens is 282 g/mol. The molecule has 2 nitrogen and oxygen atoms in total. The van der Waals surface area contributed by atoms with Gasteiger partial charge in [-0.25, -0.2) is 0 Å². The van der Waals surface area contributed by atoms with Crippen LogP contribution in [0.15, 0.2) is 72.8 Å². The number of benzene rings is 3. The standard InChI is InChI=1S/C21H21NO/c1-16-10-11-19(12-20(16)14-22)18-8-5-9-21(13-18)23-15-17-6-3-2-4-7-17/h2-13H,14-15,22H2,1H3. The van der Waals surface area contributed by atoms with Crippen molar-refractivity contribution in [2.75, 3.05) is 0 Å². The molecule has 2 N–H and O–H groups in total. The number of hydrogen-bond acceptors (Lipinski definition) is 2. The molecule has 116 valence electrons. The van der Waals surface area contributed by atoms with E-state index in [2.05, 4.69) is 49.4 Å². The van der Waals surface area contributed by atoms with Crippen LogP contribution in [-0.4, -0.2) is 0 Å². The van der Waals surface area contributed by atoms with Crippen LogP contribution in [-0.2, 0) is 13.2 Å². The summed E-state index contributed by atoms with van der Waals surface area (Å²) in [7, 11) is 0. The third kappa shape index (κ3) is 3.79. The molecule has 2 heteroatoms. The van der Waals surface area contributed by atoms with E-state index in [0.717, 1.165) is 11.3 Å². The monoisotopic (exact) mass is 303 g/mol. The normalized spacial score (nSPS) is 10.5. The molecule has 0 saturated heterocycles. The van der Waals surface area contributed by atoms with E-state index in [4.69, 9.17) is 10.5 Å². The minimum absolute atomic E-state index is 0.559. The fraction of sp³-hybridized carbons (Fsp3) is 0.143. The first-order chi connectivity index (χ1) is 11.3. The maximum Gasteiger partial charge on any atom is 0.120 e. The van der Waals surface area contributed by atoms with E-state index in [1.165, 1.54) is 22.3 Å². The van der Waals surface area contributed by atoms with Crippen LogP contribution < -0.4 is 10.5 Å². The van der Waals surface area contributed by atoms with E-state index in [9.17, 15) is 0 Å². The first-order valence-electron chi connectivity index (χ1n) is 7.83. The zero-order valence-electron chi connectivity index (χ0n) is 13.3. The molecule has 0 aromatic heterocycles. The van der Waals surface area contributed by atoms with Crippen molar-refractivity contribution in [1.82, 2.24) is 0 Å². The average molecular weight is 303 g/mol. The van der Waals surface area contributed by atoms with Gasteiger partial charge in [0.2, 0.25) is 0 Å². The number of rotatable bonds is 5. The Morgan fingerprint density at radius 3 is 2.39 bits per heavy atom. The van der Waals surface area contributed by atoms with Gasteiger partial charge in [-0.1, -0.05) is 54.6 Å². The third-order valence-corrected chi connectivity index (χ3v) is 3.98. The largest absolute Gasteiger partial charge is 0.489 e. The molecule has 3 rings (SSSR count). The lowest BCUT2D eigenvalue weighted by molar-refractivity contribution is 0.306. The Hall–Kier alpha value is -2.58. The van der Waals surface area contributed by atoms with Gasteiger partial charge in [0.15, 0.2) is 0 Å². The lowest BCUT2D eigenvalue weighted by atomic mass is 9.99. The fourth-order valence-corrected chi connectivity index (χ4v) is 2.58. The number of ether oxygens (including phenoxy) is 1. The highest BCUT2D eigenvalue weighted by molar-refractivity contribution is 5.66. The zero-order valence-corrected chi connectivity index (χ0v) is 13.3. The summed E-state index contributed by atoms with van der Waals surface area (Å²) >= 11 is 0. The lowest BCUT2D eigenvalue weighted by Gasteiger charge is -2.10. The van der Waals surface area contributed by atoms with Crippen LogP contribution in [0.25, 0.3) is 11.1 Å². The van der Waals surface area contributed by atoms with Crippen LogP contribution in [0, 0.1) is 6.92 Å². The van der Waals surface area contributed by atoms with Crippen LogP contribution in [0.2, 0.25) is 0 Å². The Labute approximate surface area is 137 Å². The summed E-state index contributed by atoms with van der Waals surface area (Å²) in [5.41, 5.74) is 11.7. The van der Waals surface area contributed by atoms with Gasteiger partial charge in [-0.3, -0.25) is 0 Å². The minimum atomic E-state index is 0.559. The van der Waals surface area contributed by atoms with Crippen LogP contribution in [0.3, 0.4) is 0 Å². The molecule has 0 atom stereocenters. The molecular formula is C21H21NO. The van der Waals surface area contributed by atoms with Crippen molar-refractivity contribution >= 4 is 0 Å². The van der Waals surface area contributed by atoms with Crippen molar-refractivity contribution in [3.63, 3.8) is 0 Å². The summed E-state index contributed by atoms with van der Waals surface area (Å²) in [6, 6.07) is 24.8. The lowest BCUT2D eigenvalue weighted by Crippen LogP contribution is -1.99. The minimum Gasteiger partial charge on any atom is -0.489 e. The van der Waals surface area contributed by atoms with Gasteiger partial charge >= 0.3 is 0 Å². The quantitative estimate of drug-likeness (QED) is 0.741. The van der Waals surface area contributed by atoms with E-state index in [1.54, 1.807) is 0 Å². The van der Waals surface area contributed by atoms with Gasteiger partial charge in [-0.15, -0.1) is 0 Å². The molecule has 0 bridgehead atoms. The maximum absolute atomic E-state index is 5.91. The summed E-state index contributed by atoms with van der Waals surface area (Å²) in [4.78, 5) is 0. The molecule has 0 aliphatic heterocycles. The highest BCUT2D eigenvalue weighted by Crippen LogP contribution is 2.26. The van der Waals surface area contributed by atoms with Gasteiger partial charge in [0.25, 0.3) is 0 Å². The van der Waals surface area contributed by atoms with E-state index >= 15 is 0 Å². The highest BCUT2D eigenvalue weighted by atomic mass is 16.5. The summed E-state index contributed by atoms with van der Waals surface area (Å²) in [5.74, 6) is 0.876. The van der Waals surface area contributed by atoms with Crippen molar-refractivity contribution in [3.8, 4) is 16.9 Å². The molecule has 3 aromatic carbocycles. The van der Waals surface area contributed by atoms with Crippen molar-refractivity contribution in [1.29, 1.82) is 0 Å². The van der Waals surface area contributed by atoms with Crippen LogP contribution >= 0.6 is 0 Å². The van der Waals surface area contributed by atoms with Crippen LogP contribution in [0.4, 0.5) is 0 Å². The fourth-order valence-electron chi connectivity index (χ4n) is 2.58. The Bertz CT molecular complexity index is 781. The molecule has 0 amide bonds. The van der Waals surface area contributed by atoms with Gasteiger partial charge in [0, 0.05) is 6.54 Å². The molecule has 0 fully saturated rings. The third-order valence-electron chi connectivity index (χ3n) is 3.98. The predicted molar refractivity (Wildman–Crippen MR) is 95.3 cm³/mol. The van der Waals surface area contributed by atoms with Gasteiger partial charge in [-0.05, 0) is 52.9 Å². The van der Waals surface area contributed by atoms with Crippen LogP contribution in [0.1, 0.15) is 16.7 Å². The molecule has 3 aromatic rings. The Morgan fingerprint density at radius 1 is 0.826 bits per heavy atom. The van der Waals surface area contributed by atoms with Gasteiger partial charge in [-0.2, -0.15) is 0 Å². The van der Waals surface area contributed by atoms with Gasteiger partial charge in [0.1, 0.15) is 12.4 Å². The summed E-state index contributed by atoms with van der Waals surface area (Å²) in [6.45, 7) is 3.22. The van der Waals surface area contributed by atoms with E-state index < -0.39 is 0 Å². The molecule has 0 radical (unpaired) electrons. The molecule has 23 heavy (non-hydrogen) atoms. The second kappa shape index (κ2) is 7.12. The molecule has 0 saturated carbocycles. The number of nitrogens with two attached hydrogens (primary N) is 1. The molecule has 0 aliphatic carbocycles. The van der Waals surface area contributed by atoms with Gasteiger partial charge in [0.05, 0.1) is 0 Å². The summed E-state index contributed by atoms with van der Waals surface area (Å²) in [6.07, 6.45) is 0.